The number of hydrogen-bond acceptors (Lipinski definition) is 7. The van der Waals surface area contributed by atoms with E-state index in [4.69, 9.17) is 4.74 Å². The molecule has 0 atom stereocenters. The van der Waals surface area contributed by atoms with Gasteiger partial charge in [0, 0.05) is 45.1 Å². The van der Waals surface area contributed by atoms with E-state index in [1.165, 1.54) is 48.7 Å². The molecule has 4 aromatic rings. The zero-order valence-corrected chi connectivity index (χ0v) is 22.8. The third kappa shape index (κ3) is 8.28. The fraction of sp³-hybridized carbons (Fsp3) is 0. The van der Waals surface area contributed by atoms with E-state index < -0.39 is 16.8 Å². The lowest BCUT2D eigenvalue weighted by molar-refractivity contribution is -0.384. The highest BCUT2D eigenvalue weighted by Gasteiger charge is 2.10. The van der Waals surface area contributed by atoms with Crippen LogP contribution in [0.15, 0.2) is 113 Å². The molecule has 0 saturated heterocycles. The molecule has 0 aliphatic rings. The van der Waals surface area contributed by atoms with Crippen molar-refractivity contribution in [2.45, 2.75) is 0 Å². The second-order valence-corrected chi connectivity index (χ2v) is 9.30. The molecule has 2 N–H and O–H groups in total. The maximum atomic E-state index is 12.6. The summed E-state index contributed by atoms with van der Waals surface area (Å²) < 4.78 is 6.24. The summed E-state index contributed by atoms with van der Waals surface area (Å²) in [7, 11) is 0. The smallest absolute Gasteiger partial charge is 0.336 e. The van der Waals surface area contributed by atoms with E-state index >= 15 is 0 Å². The number of nitro benzene ring substituents is 1. The standard InChI is InChI=1S/C30H21BrN4O6/c31-24-13-11-21(12-14-24)29(37)33-25-6-3-5-22(18-25)30(38)34-32-19-23-4-1-2-7-27(23)41-28(36)17-10-20-8-15-26(16-9-20)35(39)40/h1-19H,(H,33,37)(H,34,38)/b17-10+,32-19?. The Hall–Kier alpha value is -5.42. The maximum absolute atomic E-state index is 12.6. The molecule has 0 fully saturated rings. The number of halogens is 1. The molecule has 0 unspecified atom stereocenters. The Balaban J connectivity index is 1.35. The van der Waals surface area contributed by atoms with Crippen molar-refractivity contribution in [2.24, 2.45) is 5.10 Å². The number of esters is 1. The van der Waals surface area contributed by atoms with Crippen molar-refractivity contribution < 1.29 is 24.0 Å². The molecule has 41 heavy (non-hydrogen) atoms. The van der Waals surface area contributed by atoms with Crippen LogP contribution in [0.3, 0.4) is 0 Å². The van der Waals surface area contributed by atoms with Crippen molar-refractivity contribution in [2.75, 3.05) is 5.32 Å². The molecule has 0 aromatic heterocycles. The fourth-order valence-corrected chi connectivity index (χ4v) is 3.73. The van der Waals surface area contributed by atoms with Crippen molar-refractivity contribution in [3.63, 3.8) is 0 Å². The first-order valence-corrected chi connectivity index (χ1v) is 12.8. The Kier molecular flexibility index (Phi) is 9.47. The molecule has 4 aromatic carbocycles. The van der Waals surface area contributed by atoms with Crippen LogP contribution in [0.25, 0.3) is 6.08 Å². The quantitative estimate of drug-likeness (QED) is 0.0594. The van der Waals surface area contributed by atoms with Gasteiger partial charge in [0.1, 0.15) is 5.75 Å². The molecular weight excluding hydrogens is 592 g/mol. The van der Waals surface area contributed by atoms with E-state index in [2.05, 4.69) is 31.8 Å². The Morgan fingerprint density at radius 3 is 2.32 bits per heavy atom. The van der Waals surface area contributed by atoms with Crippen LogP contribution in [0.1, 0.15) is 31.8 Å². The Morgan fingerprint density at radius 2 is 1.59 bits per heavy atom. The normalized spacial score (nSPS) is 10.9. The number of ether oxygens (including phenoxy) is 1. The van der Waals surface area contributed by atoms with Crippen molar-refractivity contribution in [3.05, 3.63) is 140 Å². The number of amides is 2. The Bertz CT molecular complexity index is 1650. The molecule has 0 bridgehead atoms. The van der Waals surface area contributed by atoms with Gasteiger partial charge >= 0.3 is 5.97 Å². The summed E-state index contributed by atoms with van der Waals surface area (Å²) in [6.07, 6.45) is 4.00. The predicted octanol–water partition coefficient (Wildman–Crippen LogP) is 5.99. The number of para-hydroxylation sites is 1. The fourth-order valence-electron chi connectivity index (χ4n) is 3.46. The zero-order chi connectivity index (χ0) is 29.2. The first-order valence-electron chi connectivity index (χ1n) is 12.0. The number of benzene rings is 4. The lowest BCUT2D eigenvalue weighted by Gasteiger charge is -2.07. The number of rotatable bonds is 9. The average Bonchev–Trinajstić information content (AvgIpc) is 2.97. The molecule has 0 heterocycles. The number of hydrogen-bond donors (Lipinski definition) is 2. The van der Waals surface area contributed by atoms with Crippen LogP contribution in [0.5, 0.6) is 5.75 Å². The van der Waals surface area contributed by atoms with Gasteiger partial charge in [0.25, 0.3) is 17.5 Å². The van der Waals surface area contributed by atoms with Crippen LogP contribution < -0.4 is 15.5 Å². The molecule has 204 valence electrons. The topological polar surface area (TPSA) is 140 Å². The zero-order valence-electron chi connectivity index (χ0n) is 21.2. The van der Waals surface area contributed by atoms with Gasteiger partial charge in [0.2, 0.25) is 0 Å². The lowest BCUT2D eigenvalue weighted by atomic mass is 10.1. The van der Waals surface area contributed by atoms with Gasteiger partial charge < -0.3 is 10.1 Å². The average molecular weight is 613 g/mol. The number of non-ortho nitro benzene ring substituents is 1. The second-order valence-electron chi connectivity index (χ2n) is 8.38. The Morgan fingerprint density at radius 1 is 0.854 bits per heavy atom. The minimum Gasteiger partial charge on any atom is -0.423 e. The monoisotopic (exact) mass is 612 g/mol. The van der Waals surface area contributed by atoms with Crippen molar-refractivity contribution in [3.8, 4) is 5.75 Å². The third-order valence-corrected chi connectivity index (χ3v) is 6.03. The number of anilines is 1. The first-order chi connectivity index (χ1) is 19.8. The summed E-state index contributed by atoms with van der Waals surface area (Å²) in [6.45, 7) is 0. The molecule has 4 rings (SSSR count). The van der Waals surface area contributed by atoms with Gasteiger partial charge in [-0.15, -0.1) is 0 Å². The van der Waals surface area contributed by atoms with E-state index in [0.717, 1.165) is 4.47 Å². The van der Waals surface area contributed by atoms with Gasteiger partial charge in [-0.1, -0.05) is 34.1 Å². The van der Waals surface area contributed by atoms with E-state index in [1.54, 1.807) is 66.7 Å². The summed E-state index contributed by atoms with van der Waals surface area (Å²) in [6, 6.07) is 25.6. The summed E-state index contributed by atoms with van der Waals surface area (Å²) in [5, 5.41) is 17.5. The molecule has 0 spiro atoms. The molecule has 0 saturated carbocycles. The summed E-state index contributed by atoms with van der Waals surface area (Å²) in [5.74, 6) is -1.29. The number of nitrogens with one attached hydrogen (secondary N) is 2. The molecule has 0 aliphatic carbocycles. The van der Waals surface area contributed by atoms with Crippen molar-refractivity contribution in [1.29, 1.82) is 0 Å². The van der Waals surface area contributed by atoms with Gasteiger partial charge in [0.15, 0.2) is 0 Å². The van der Waals surface area contributed by atoms with Crippen LogP contribution in [0.2, 0.25) is 0 Å². The summed E-state index contributed by atoms with van der Waals surface area (Å²) >= 11 is 3.33. The molecule has 10 nitrogen and oxygen atoms in total. The SMILES string of the molecule is O=C(/C=C/c1ccc([N+](=O)[O-])cc1)Oc1ccccc1C=NNC(=O)c1cccc(NC(=O)c2ccc(Br)cc2)c1. The van der Waals surface area contributed by atoms with Gasteiger partial charge in [-0.25, -0.2) is 10.2 Å². The van der Waals surface area contributed by atoms with Gasteiger partial charge in [-0.05, 0) is 78.4 Å². The van der Waals surface area contributed by atoms with Crippen LogP contribution in [0, 0.1) is 10.1 Å². The number of hydrazone groups is 1. The molecule has 2 amide bonds. The minimum atomic E-state index is -0.671. The van der Waals surface area contributed by atoms with E-state index in [0.29, 0.717) is 22.4 Å². The number of nitro groups is 1. The molecular formula is C30H21BrN4O6. The second kappa shape index (κ2) is 13.6. The maximum Gasteiger partial charge on any atom is 0.336 e. The number of carbonyl (C=O) groups excluding carboxylic acids is 3. The van der Waals surface area contributed by atoms with E-state index in [9.17, 15) is 24.5 Å². The van der Waals surface area contributed by atoms with E-state index in [-0.39, 0.29) is 22.9 Å². The largest absolute Gasteiger partial charge is 0.423 e. The highest BCUT2D eigenvalue weighted by molar-refractivity contribution is 9.10. The summed E-state index contributed by atoms with van der Waals surface area (Å²) in [5.41, 5.74) is 4.55. The van der Waals surface area contributed by atoms with Gasteiger partial charge in [-0.3, -0.25) is 19.7 Å². The third-order valence-electron chi connectivity index (χ3n) is 5.50. The molecule has 11 heteroatoms. The number of carbonyl (C=O) groups is 3. The summed E-state index contributed by atoms with van der Waals surface area (Å²) in [4.78, 5) is 47.7. The van der Waals surface area contributed by atoms with Crippen LogP contribution in [-0.4, -0.2) is 28.9 Å². The van der Waals surface area contributed by atoms with Crippen LogP contribution in [0.4, 0.5) is 11.4 Å². The van der Waals surface area contributed by atoms with Crippen molar-refractivity contribution in [1.82, 2.24) is 5.43 Å². The lowest BCUT2D eigenvalue weighted by Crippen LogP contribution is -2.18. The van der Waals surface area contributed by atoms with Crippen LogP contribution >= 0.6 is 15.9 Å². The highest BCUT2D eigenvalue weighted by Crippen LogP contribution is 2.18. The highest BCUT2D eigenvalue weighted by atomic mass is 79.9. The Labute approximate surface area is 242 Å². The van der Waals surface area contributed by atoms with Crippen molar-refractivity contribution >= 4 is 57.4 Å². The minimum absolute atomic E-state index is 0.0544. The molecule has 0 aliphatic heterocycles. The molecule has 0 radical (unpaired) electrons. The first kappa shape index (κ1) is 28.6. The number of nitrogens with zero attached hydrogens (tertiary/aromatic N) is 2. The van der Waals surface area contributed by atoms with E-state index in [1.807, 2.05) is 0 Å². The van der Waals surface area contributed by atoms with Gasteiger partial charge in [0.05, 0.1) is 11.1 Å². The predicted molar refractivity (Wildman–Crippen MR) is 158 cm³/mol. The van der Waals surface area contributed by atoms with Gasteiger partial charge in [-0.2, -0.15) is 5.10 Å². The van der Waals surface area contributed by atoms with Crippen LogP contribution in [-0.2, 0) is 4.79 Å².